The number of ether oxygens (including phenoxy) is 1. The third kappa shape index (κ3) is 4.91. The highest BCUT2D eigenvalue weighted by Gasteiger charge is 2.33. The minimum absolute atomic E-state index is 0.228. The Bertz CT molecular complexity index is 1710. The molecule has 3 heterocycles. The number of furan rings is 1. The molecule has 1 unspecified atom stereocenters. The first kappa shape index (κ1) is 25.9. The SMILES string of the molecule is CCOC(=O)C1=C(C)N=c2s/c(=C\c3ccc(-c4ccc(Br)cc4)o3)c(=O)n2C1c1ccc(N(C)C)cc1. The summed E-state index contributed by atoms with van der Waals surface area (Å²) >= 11 is 4.71. The Hall–Kier alpha value is -3.69. The van der Waals surface area contributed by atoms with Gasteiger partial charge in [-0.25, -0.2) is 9.79 Å². The second-order valence-corrected chi connectivity index (χ2v) is 10.9. The summed E-state index contributed by atoms with van der Waals surface area (Å²) in [6.07, 6.45) is 1.72. The lowest BCUT2D eigenvalue weighted by molar-refractivity contribution is -0.139. The molecule has 194 valence electrons. The first-order valence-electron chi connectivity index (χ1n) is 12.1. The van der Waals surface area contributed by atoms with Crippen molar-refractivity contribution in [1.82, 2.24) is 4.57 Å². The number of rotatable bonds is 6. The summed E-state index contributed by atoms with van der Waals surface area (Å²) in [5.74, 6) is 0.784. The van der Waals surface area contributed by atoms with Crippen LogP contribution in [0.5, 0.6) is 0 Å². The van der Waals surface area contributed by atoms with E-state index in [1.165, 1.54) is 11.3 Å². The number of halogens is 1. The van der Waals surface area contributed by atoms with Gasteiger partial charge < -0.3 is 14.1 Å². The fourth-order valence-electron chi connectivity index (χ4n) is 4.39. The Labute approximate surface area is 232 Å². The average Bonchev–Trinajstić information content (AvgIpc) is 3.48. The third-order valence-corrected chi connectivity index (χ3v) is 7.78. The number of hydrogen-bond acceptors (Lipinski definition) is 7. The number of aromatic nitrogens is 1. The van der Waals surface area contributed by atoms with Crippen molar-refractivity contribution < 1.29 is 13.9 Å². The standard InChI is InChI=1S/C29H26BrN3O4S/c1-5-36-28(35)25-17(2)31-29-33(26(25)19-8-12-21(13-9-19)32(3)4)27(34)24(38-29)16-22-14-15-23(37-22)18-6-10-20(30)11-7-18/h6-16,26H,5H2,1-4H3/b24-16-. The molecule has 0 spiro atoms. The summed E-state index contributed by atoms with van der Waals surface area (Å²) in [5.41, 5.74) is 3.40. The lowest BCUT2D eigenvalue weighted by Crippen LogP contribution is -2.39. The van der Waals surface area contributed by atoms with E-state index in [4.69, 9.17) is 9.15 Å². The molecule has 38 heavy (non-hydrogen) atoms. The van der Waals surface area contributed by atoms with Gasteiger partial charge in [-0.1, -0.05) is 51.5 Å². The predicted octanol–water partition coefficient (Wildman–Crippen LogP) is 4.89. The monoisotopic (exact) mass is 591 g/mol. The van der Waals surface area contributed by atoms with Crippen LogP contribution in [0.25, 0.3) is 17.4 Å². The van der Waals surface area contributed by atoms with Crippen molar-refractivity contribution in [1.29, 1.82) is 0 Å². The molecule has 0 N–H and O–H groups in total. The van der Waals surface area contributed by atoms with Crippen LogP contribution in [-0.4, -0.2) is 31.2 Å². The summed E-state index contributed by atoms with van der Waals surface area (Å²) in [7, 11) is 3.92. The van der Waals surface area contributed by atoms with Crippen molar-refractivity contribution in [2.45, 2.75) is 19.9 Å². The van der Waals surface area contributed by atoms with Crippen molar-refractivity contribution in [3.05, 3.63) is 107 Å². The van der Waals surface area contributed by atoms with Crippen molar-refractivity contribution in [3.63, 3.8) is 0 Å². The number of esters is 1. The summed E-state index contributed by atoms with van der Waals surface area (Å²) < 4.78 is 14.4. The molecule has 0 fully saturated rings. The van der Waals surface area contributed by atoms with Crippen molar-refractivity contribution in [2.24, 2.45) is 4.99 Å². The minimum Gasteiger partial charge on any atom is -0.463 e. The molecule has 0 amide bonds. The maximum atomic E-state index is 13.8. The Kier molecular flexibility index (Phi) is 7.23. The number of nitrogens with zero attached hydrogens (tertiary/aromatic N) is 3. The zero-order valence-corrected chi connectivity index (χ0v) is 23.8. The lowest BCUT2D eigenvalue weighted by atomic mass is 9.95. The van der Waals surface area contributed by atoms with Crippen LogP contribution in [0.3, 0.4) is 0 Å². The fourth-order valence-corrected chi connectivity index (χ4v) is 5.68. The van der Waals surface area contributed by atoms with E-state index in [9.17, 15) is 9.59 Å². The highest BCUT2D eigenvalue weighted by atomic mass is 79.9. The van der Waals surface area contributed by atoms with Gasteiger partial charge in [-0.05, 0) is 55.8 Å². The highest BCUT2D eigenvalue weighted by molar-refractivity contribution is 9.10. The van der Waals surface area contributed by atoms with Crippen LogP contribution in [0.15, 0.2) is 90.6 Å². The van der Waals surface area contributed by atoms with Gasteiger partial charge in [0, 0.05) is 35.9 Å². The van der Waals surface area contributed by atoms with E-state index in [-0.39, 0.29) is 12.2 Å². The second kappa shape index (κ2) is 10.6. The van der Waals surface area contributed by atoms with Crippen LogP contribution < -0.4 is 19.8 Å². The van der Waals surface area contributed by atoms with E-state index >= 15 is 0 Å². The number of anilines is 1. The molecule has 0 bridgehead atoms. The largest absolute Gasteiger partial charge is 0.463 e. The molecule has 4 aromatic rings. The number of carbonyl (C=O) groups is 1. The number of benzene rings is 2. The molecule has 1 aliphatic heterocycles. The Morgan fingerprint density at radius 2 is 1.84 bits per heavy atom. The smallest absolute Gasteiger partial charge is 0.338 e. The normalized spacial score (nSPS) is 15.3. The molecular weight excluding hydrogens is 566 g/mol. The highest BCUT2D eigenvalue weighted by Crippen LogP contribution is 2.31. The number of allylic oxidation sites excluding steroid dienone is 1. The number of hydrogen-bond donors (Lipinski definition) is 0. The Balaban J connectivity index is 1.62. The van der Waals surface area contributed by atoms with Gasteiger partial charge in [-0.3, -0.25) is 9.36 Å². The topological polar surface area (TPSA) is 77.0 Å². The van der Waals surface area contributed by atoms with Gasteiger partial charge in [-0.15, -0.1) is 0 Å². The molecule has 1 aliphatic rings. The summed E-state index contributed by atoms with van der Waals surface area (Å²) in [5, 5.41) is 0. The second-order valence-electron chi connectivity index (χ2n) is 9.00. The molecule has 0 radical (unpaired) electrons. The maximum Gasteiger partial charge on any atom is 0.338 e. The van der Waals surface area contributed by atoms with Crippen LogP contribution in [0.1, 0.15) is 31.2 Å². The minimum atomic E-state index is -0.654. The van der Waals surface area contributed by atoms with Gasteiger partial charge in [0.25, 0.3) is 5.56 Å². The molecule has 5 rings (SSSR count). The van der Waals surface area contributed by atoms with Crippen LogP contribution in [-0.2, 0) is 9.53 Å². The molecule has 0 saturated heterocycles. The predicted molar refractivity (Wildman–Crippen MR) is 153 cm³/mol. The molecule has 1 atom stereocenters. The maximum absolute atomic E-state index is 13.8. The zero-order chi connectivity index (χ0) is 27.0. The summed E-state index contributed by atoms with van der Waals surface area (Å²) in [6, 6.07) is 18.7. The fraction of sp³-hybridized carbons (Fsp3) is 0.207. The quantitative estimate of drug-likeness (QED) is 0.298. The Morgan fingerprint density at radius 1 is 1.13 bits per heavy atom. The van der Waals surface area contributed by atoms with Crippen LogP contribution in [0, 0.1) is 0 Å². The lowest BCUT2D eigenvalue weighted by Gasteiger charge is -2.25. The molecule has 7 nitrogen and oxygen atoms in total. The van der Waals surface area contributed by atoms with E-state index in [2.05, 4.69) is 20.9 Å². The van der Waals surface area contributed by atoms with Gasteiger partial charge in [0.05, 0.1) is 28.5 Å². The molecule has 0 aliphatic carbocycles. The first-order valence-corrected chi connectivity index (χ1v) is 13.7. The van der Waals surface area contributed by atoms with E-state index in [0.717, 1.165) is 21.3 Å². The van der Waals surface area contributed by atoms with Crippen LogP contribution in [0.4, 0.5) is 5.69 Å². The van der Waals surface area contributed by atoms with Gasteiger partial charge in [0.15, 0.2) is 4.80 Å². The zero-order valence-electron chi connectivity index (χ0n) is 21.4. The van der Waals surface area contributed by atoms with E-state index in [1.807, 2.05) is 79.7 Å². The third-order valence-electron chi connectivity index (χ3n) is 6.27. The summed E-state index contributed by atoms with van der Waals surface area (Å²) in [4.78, 5) is 34.0. The van der Waals surface area contributed by atoms with Crippen molar-refractivity contribution in [2.75, 3.05) is 25.6 Å². The van der Waals surface area contributed by atoms with Gasteiger partial charge in [0.1, 0.15) is 11.5 Å². The van der Waals surface area contributed by atoms with E-state index in [0.29, 0.717) is 32.1 Å². The first-order chi connectivity index (χ1) is 18.3. The number of fused-ring (bicyclic) bond motifs is 1. The van der Waals surface area contributed by atoms with E-state index in [1.54, 1.807) is 24.5 Å². The molecule has 0 saturated carbocycles. The molecule has 9 heteroatoms. The van der Waals surface area contributed by atoms with Gasteiger partial charge in [-0.2, -0.15) is 0 Å². The molecule has 2 aromatic carbocycles. The number of thiazole rings is 1. The van der Waals surface area contributed by atoms with Crippen molar-refractivity contribution in [3.8, 4) is 11.3 Å². The van der Waals surface area contributed by atoms with E-state index < -0.39 is 12.0 Å². The Morgan fingerprint density at radius 3 is 2.50 bits per heavy atom. The molecular formula is C29H26BrN3O4S. The van der Waals surface area contributed by atoms with Gasteiger partial charge in [0.2, 0.25) is 0 Å². The van der Waals surface area contributed by atoms with Crippen LogP contribution in [0.2, 0.25) is 0 Å². The average molecular weight is 593 g/mol. The van der Waals surface area contributed by atoms with Crippen LogP contribution >= 0.6 is 27.3 Å². The summed E-state index contributed by atoms with van der Waals surface area (Å²) in [6.45, 7) is 3.77. The van der Waals surface area contributed by atoms with Crippen molar-refractivity contribution >= 4 is 45.0 Å². The number of carbonyl (C=O) groups excluding carboxylic acids is 1. The molecule has 2 aromatic heterocycles. The van der Waals surface area contributed by atoms with Gasteiger partial charge >= 0.3 is 5.97 Å².